The van der Waals surface area contributed by atoms with Gasteiger partial charge in [0, 0.05) is 36.2 Å². The van der Waals surface area contributed by atoms with Gasteiger partial charge in [0.1, 0.15) is 5.82 Å². The minimum absolute atomic E-state index is 0.137. The summed E-state index contributed by atoms with van der Waals surface area (Å²) in [5.74, 6) is 0.820. The molecule has 8 heteroatoms. The number of benzene rings is 1. The van der Waals surface area contributed by atoms with Crippen molar-refractivity contribution in [3.63, 3.8) is 0 Å². The van der Waals surface area contributed by atoms with Crippen molar-refractivity contribution < 1.29 is 0 Å². The van der Waals surface area contributed by atoms with Crippen molar-refractivity contribution in [1.82, 2.24) is 29.6 Å². The molecule has 8 nitrogen and oxygen atoms in total. The van der Waals surface area contributed by atoms with E-state index >= 15 is 0 Å². The number of rotatable bonds is 4. The highest BCUT2D eigenvalue weighted by atomic mass is 16.2. The lowest BCUT2D eigenvalue weighted by Crippen LogP contribution is -2.34. The highest BCUT2D eigenvalue weighted by Gasteiger charge is 2.25. The molecule has 0 saturated carbocycles. The number of aromatic nitrogens is 5. The van der Waals surface area contributed by atoms with E-state index in [2.05, 4.69) is 44.0 Å². The Hall–Kier alpha value is -3.52. The third kappa shape index (κ3) is 4.01. The van der Waals surface area contributed by atoms with Crippen molar-refractivity contribution in [3.8, 4) is 5.69 Å². The van der Waals surface area contributed by atoms with E-state index in [1.807, 2.05) is 19.1 Å². The van der Waals surface area contributed by atoms with E-state index in [0.29, 0.717) is 17.0 Å². The molecule has 1 saturated heterocycles. The van der Waals surface area contributed by atoms with Gasteiger partial charge in [-0.1, -0.05) is 12.1 Å². The second kappa shape index (κ2) is 8.20. The van der Waals surface area contributed by atoms with Crippen molar-refractivity contribution in [2.45, 2.75) is 39.2 Å². The zero-order chi connectivity index (χ0) is 22.2. The van der Waals surface area contributed by atoms with Gasteiger partial charge in [0.15, 0.2) is 0 Å². The van der Waals surface area contributed by atoms with Gasteiger partial charge in [0.25, 0.3) is 0 Å². The summed E-state index contributed by atoms with van der Waals surface area (Å²) < 4.78 is 1.36. The average molecular weight is 431 g/mol. The van der Waals surface area contributed by atoms with Crippen LogP contribution in [0.4, 0.5) is 0 Å². The molecule has 5 rings (SSSR count). The number of fused-ring (bicyclic) bond motifs is 1. The first-order valence-corrected chi connectivity index (χ1v) is 10.9. The van der Waals surface area contributed by atoms with Crippen molar-refractivity contribution in [2.24, 2.45) is 0 Å². The molecule has 0 radical (unpaired) electrons. The molecule has 4 aromatic rings. The Balaban J connectivity index is 1.42. The van der Waals surface area contributed by atoms with Crippen LogP contribution in [-0.4, -0.2) is 42.7 Å². The fourth-order valence-corrected chi connectivity index (χ4v) is 4.68. The van der Waals surface area contributed by atoms with Crippen LogP contribution in [0.25, 0.3) is 16.6 Å². The van der Waals surface area contributed by atoms with Gasteiger partial charge in [0.05, 0.1) is 16.9 Å². The number of aryl methyl sites for hydroxylation is 2. The second-order valence-electron chi connectivity index (χ2n) is 8.64. The van der Waals surface area contributed by atoms with Crippen LogP contribution in [0.1, 0.15) is 41.5 Å². The van der Waals surface area contributed by atoms with E-state index in [1.54, 1.807) is 12.1 Å². The number of H-pyrrole nitrogens is 2. The third-order valence-corrected chi connectivity index (χ3v) is 6.03. The predicted octanol–water partition coefficient (Wildman–Crippen LogP) is 2.79. The molecule has 0 spiro atoms. The van der Waals surface area contributed by atoms with E-state index in [9.17, 15) is 9.59 Å². The molecule has 2 N–H and O–H groups in total. The Bertz CT molecular complexity index is 1380. The van der Waals surface area contributed by atoms with Crippen molar-refractivity contribution in [2.75, 3.05) is 13.1 Å². The molecule has 0 amide bonds. The smallest absolute Gasteiger partial charge is 0.320 e. The zero-order valence-corrected chi connectivity index (χ0v) is 18.3. The van der Waals surface area contributed by atoms with Crippen molar-refractivity contribution >= 4 is 10.9 Å². The molecule has 0 bridgehead atoms. The van der Waals surface area contributed by atoms with Crippen LogP contribution in [0.15, 0.2) is 52.1 Å². The third-order valence-electron chi connectivity index (χ3n) is 6.03. The molecule has 32 heavy (non-hydrogen) atoms. The number of pyridine rings is 2. The van der Waals surface area contributed by atoms with Gasteiger partial charge in [-0.2, -0.15) is 4.68 Å². The standard InChI is InChI=1S/C24H26N6O2/c1-15-11-16(2)25-19(12-15)14-29-10-4-6-18(13-29)23-27-24(32)30(28-23)20-7-3-5-17-8-9-21(31)26-22(17)20/h3,5,7-9,11-12,18H,4,6,10,13-14H2,1-2H3,(H,26,31)(H,27,28,32). The number of hydrogen-bond donors (Lipinski definition) is 2. The predicted molar refractivity (Wildman–Crippen MR) is 123 cm³/mol. The lowest BCUT2D eigenvalue weighted by Gasteiger charge is -2.31. The fraction of sp³-hybridized carbons (Fsp3) is 0.333. The van der Waals surface area contributed by atoms with Crippen LogP contribution in [0.3, 0.4) is 0 Å². The van der Waals surface area contributed by atoms with E-state index in [1.165, 1.54) is 16.3 Å². The van der Waals surface area contributed by atoms with Crippen LogP contribution in [0.2, 0.25) is 0 Å². The van der Waals surface area contributed by atoms with Gasteiger partial charge < -0.3 is 4.98 Å². The van der Waals surface area contributed by atoms with Crippen LogP contribution in [-0.2, 0) is 6.54 Å². The number of piperidine rings is 1. The summed E-state index contributed by atoms with van der Waals surface area (Å²) in [6.45, 7) is 6.71. The SMILES string of the molecule is Cc1cc(C)nc(CN2CCCC(c3nn(-c4cccc5ccc(=O)[nH]c45)c(=O)[nH]3)C2)c1. The lowest BCUT2D eigenvalue weighted by molar-refractivity contribution is 0.194. The monoisotopic (exact) mass is 430 g/mol. The Morgan fingerprint density at radius 1 is 1.09 bits per heavy atom. The molecule has 1 aliphatic heterocycles. The zero-order valence-electron chi connectivity index (χ0n) is 18.3. The minimum Gasteiger partial charge on any atom is -0.320 e. The Morgan fingerprint density at radius 2 is 1.97 bits per heavy atom. The molecule has 0 aliphatic carbocycles. The molecule has 1 unspecified atom stereocenters. The van der Waals surface area contributed by atoms with Crippen LogP contribution in [0.5, 0.6) is 0 Å². The molecule has 1 atom stereocenters. The van der Waals surface area contributed by atoms with Gasteiger partial charge in [-0.25, -0.2) is 4.79 Å². The van der Waals surface area contributed by atoms with E-state index in [4.69, 9.17) is 0 Å². The summed E-state index contributed by atoms with van der Waals surface area (Å²) in [6, 6.07) is 13.0. The molecule has 1 fully saturated rings. The second-order valence-corrected chi connectivity index (χ2v) is 8.64. The first kappa shape index (κ1) is 20.4. The maximum Gasteiger partial charge on any atom is 0.348 e. The Morgan fingerprint density at radius 3 is 2.81 bits per heavy atom. The normalized spacial score (nSPS) is 17.1. The summed E-state index contributed by atoms with van der Waals surface area (Å²) >= 11 is 0. The highest BCUT2D eigenvalue weighted by Crippen LogP contribution is 2.26. The number of likely N-dealkylation sites (tertiary alicyclic amines) is 1. The number of para-hydroxylation sites is 1. The molecular weight excluding hydrogens is 404 g/mol. The number of hydrogen-bond acceptors (Lipinski definition) is 5. The quantitative estimate of drug-likeness (QED) is 0.519. The van der Waals surface area contributed by atoms with Crippen LogP contribution < -0.4 is 11.2 Å². The minimum atomic E-state index is -0.301. The summed E-state index contributed by atoms with van der Waals surface area (Å²) in [5.41, 5.74) is 3.98. The number of aromatic amines is 2. The summed E-state index contributed by atoms with van der Waals surface area (Å²) in [6.07, 6.45) is 2.00. The summed E-state index contributed by atoms with van der Waals surface area (Å²) in [7, 11) is 0. The van der Waals surface area contributed by atoms with Gasteiger partial charge in [-0.05, 0) is 63.1 Å². The first-order chi connectivity index (χ1) is 15.5. The number of nitrogens with zero attached hydrogens (tertiary/aromatic N) is 4. The van der Waals surface area contributed by atoms with Gasteiger partial charge in [-0.15, -0.1) is 5.10 Å². The lowest BCUT2D eigenvalue weighted by atomic mass is 9.97. The Kier molecular flexibility index (Phi) is 5.22. The summed E-state index contributed by atoms with van der Waals surface area (Å²) in [5, 5.41) is 5.49. The van der Waals surface area contributed by atoms with Crippen LogP contribution in [0, 0.1) is 13.8 Å². The van der Waals surface area contributed by atoms with E-state index in [-0.39, 0.29) is 17.2 Å². The van der Waals surface area contributed by atoms with E-state index < -0.39 is 0 Å². The first-order valence-electron chi connectivity index (χ1n) is 10.9. The largest absolute Gasteiger partial charge is 0.348 e. The molecular formula is C24H26N6O2. The van der Waals surface area contributed by atoms with E-state index in [0.717, 1.165) is 49.2 Å². The molecule has 1 aromatic carbocycles. The average Bonchev–Trinajstić information content (AvgIpc) is 3.14. The topological polar surface area (TPSA) is 99.7 Å². The van der Waals surface area contributed by atoms with Gasteiger partial charge >= 0.3 is 5.69 Å². The number of nitrogens with one attached hydrogen (secondary N) is 2. The van der Waals surface area contributed by atoms with Gasteiger partial charge in [-0.3, -0.25) is 19.7 Å². The molecule has 4 heterocycles. The summed E-state index contributed by atoms with van der Waals surface area (Å²) in [4.78, 5) is 37.5. The van der Waals surface area contributed by atoms with Crippen LogP contribution >= 0.6 is 0 Å². The Labute approximate surface area is 184 Å². The molecule has 1 aliphatic rings. The maximum absolute atomic E-state index is 12.8. The van der Waals surface area contributed by atoms with Crippen molar-refractivity contribution in [1.29, 1.82) is 0 Å². The van der Waals surface area contributed by atoms with Gasteiger partial charge in [0.2, 0.25) is 5.56 Å². The maximum atomic E-state index is 12.8. The highest BCUT2D eigenvalue weighted by molar-refractivity contribution is 5.85. The van der Waals surface area contributed by atoms with Crippen molar-refractivity contribution in [3.05, 3.63) is 86.1 Å². The fourth-order valence-electron chi connectivity index (χ4n) is 4.68. The molecule has 164 valence electrons. The molecule has 3 aromatic heterocycles.